The van der Waals surface area contributed by atoms with Crippen LogP contribution in [0.5, 0.6) is 11.5 Å². The lowest BCUT2D eigenvalue weighted by Gasteiger charge is -2.17. The minimum atomic E-state index is -1.64. The van der Waals surface area contributed by atoms with Gasteiger partial charge in [0.15, 0.2) is 11.5 Å². The molecule has 2 aromatic rings. The Kier molecular flexibility index (Phi) is 12.2. The molecule has 0 heterocycles. The summed E-state index contributed by atoms with van der Waals surface area (Å²) >= 11 is 37.5. The van der Waals surface area contributed by atoms with Crippen molar-refractivity contribution in [1.29, 1.82) is 0 Å². The van der Waals surface area contributed by atoms with Gasteiger partial charge in [0.1, 0.15) is 11.1 Å². The molecule has 0 saturated heterocycles. The fraction of sp³-hybridized carbons (Fsp3) is 0.529. The van der Waals surface area contributed by atoms with Crippen LogP contribution in [0.15, 0.2) is 12.1 Å². The Morgan fingerprint density at radius 3 is 1.25 bits per heavy atom. The van der Waals surface area contributed by atoms with Crippen molar-refractivity contribution < 1.29 is 38.1 Å². The topological polar surface area (TPSA) is 105 Å². The molecule has 2 aromatic carbocycles. The van der Waals surface area contributed by atoms with E-state index in [0.29, 0.717) is 36.5 Å². The summed E-state index contributed by atoms with van der Waals surface area (Å²) in [7, 11) is 0. The lowest BCUT2D eigenvalue weighted by Crippen LogP contribution is -2.27. The third-order valence-electron chi connectivity index (χ3n) is 10.6. The molecule has 0 bridgehead atoms. The van der Waals surface area contributed by atoms with Crippen LogP contribution < -0.4 is 9.47 Å². The zero-order chi connectivity index (χ0) is 35.9. The van der Waals surface area contributed by atoms with Crippen LogP contribution in [0.1, 0.15) is 87.9 Å². The van der Waals surface area contributed by atoms with Crippen LogP contribution in [0.2, 0.25) is 30.1 Å². The molecule has 6 unspecified atom stereocenters. The first kappa shape index (κ1) is 38.9. The summed E-state index contributed by atoms with van der Waals surface area (Å²) in [5.74, 6) is -4.41. The number of hydrogen-bond acceptors (Lipinski definition) is 8. The van der Waals surface area contributed by atoms with Gasteiger partial charge in [0, 0.05) is 0 Å². The van der Waals surface area contributed by atoms with Gasteiger partial charge in [-0.1, -0.05) is 124 Å². The van der Waals surface area contributed by atoms with Gasteiger partial charge < -0.3 is 18.9 Å². The summed E-state index contributed by atoms with van der Waals surface area (Å²) in [5, 5.41) is -1.48. The quantitative estimate of drug-likeness (QED) is 0.0907. The van der Waals surface area contributed by atoms with Crippen LogP contribution >= 0.6 is 69.6 Å². The molecule has 14 heteroatoms. The van der Waals surface area contributed by atoms with Gasteiger partial charge >= 0.3 is 23.9 Å². The molecule has 2 aliphatic carbocycles. The van der Waals surface area contributed by atoms with Crippen molar-refractivity contribution in [3.63, 3.8) is 0 Å². The van der Waals surface area contributed by atoms with Gasteiger partial charge in [-0.15, -0.1) is 0 Å². The molecule has 0 aliphatic heterocycles. The van der Waals surface area contributed by atoms with Crippen LogP contribution in [0.3, 0.4) is 0 Å². The summed E-state index contributed by atoms with van der Waals surface area (Å²) < 4.78 is 21.3. The van der Waals surface area contributed by atoms with Gasteiger partial charge in [-0.05, 0) is 59.5 Å². The average Bonchev–Trinajstić information content (AvgIpc) is 3.77. The SMILES string of the molecule is CCC1C(C)C1(C)CCOC(=O)c1c(Cl)c(Cl)cc(Cl)c1OC(=O)C(=O)Oc1c(Cl)cc(Cl)c(Cl)c1C(=O)OCCC1(C)C(C)C1CC. The Morgan fingerprint density at radius 2 is 0.958 bits per heavy atom. The monoisotopic (exact) mass is 782 g/mol. The lowest BCUT2D eigenvalue weighted by atomic mass is 10.0. The highest BCUT2D eigenvalue weighted by molar-refractivity contribution is 6.47. The molecule has 8 nitrogen and oxygen atoms in total. The second-order valence-electron chi connectivity index (χ2n) is 12.9. The molecule has 0 amide bonds. The zero-order valence-electron chi connectivity index (χ0n) is 27.2. The molecule has 2 fully saturated rings. The largest absolute Gasteiger partial charge is 0.462 e. The van der Waals surface area contributed by atoms with E-state index in [1.165, 1.54) is 0 Å². The van der Waals surface area contributed by atoms with Gasteiger partial charge in [-0.25, -0.2) is 19.2 Å². The Balaban J connectivity index is 1.50. The van der Waals surface area contributed by atoms with E-state index in [2.05, 4.69) is 41.5 Å². The molecule has 0 spiro atoms. The average molecular weight is 785 g/mol. The van der Waals surface area contributed by atoms with Crippen LogP contribution in [-0.2, 0) is 19.1 Å². The first-order valence-electron chi connectivity index (χ1n) is 15.6. The molecule has 0 N–H and O–H groups in total. The Morgan fingerprint density at radius 1 is 0.625 bits per heavy atom. The number of rotatable bonds is 12. The molecule has 2 saturated carbocycles. The second-order valence-corrected chi connectivity index (χ2v) is 15.3. The second kappa shape index (κ2) is 15.1. The molecule has 0 aromatic heterocycles. The molecular formula is C34H36Cl6O8. The summed E-state index contributed by atoms with van der Waals surface area (Å²) in [5.41, 5.74) is -0.880. The van der Waals surface area contributed by atoms with Gasteiger partial charge in [0.05, 0.1) is 43.3 Å². The minimum Gasteiger partial charge on any atom is -0.462 e. The summed E-state index contributed by atoms with van der Waals surface area (Å²) in [6.07, 6.45) is 3.20. The van der Waals surface area contributed by atoms with Crippen LogP contribution in [0.4, 0.5) is 0 Å². The van der Waals surface area contributed by atoms with E-state index in [-0.39, 0.29) is 54.2 Å². The molecule has 262 valence electrons. The van der Waals surface area contributed by atoms with E-state index in [0.717, 1.165) is 25.0 Å². The van der Waals surface area contributed by atoms with E-state index in [9.17, 15) is 19.2 Å². The highest BCUT2D eigenvalue weighted by Crippen LogP contribution is 2.63. The summed E-state index contributed by atoms with van der Waals surface area (Å²) in [6, 6.07) is 2.26. The fourth-order valence-electron chi connectivity index (χ4n) is 7.15. The molecule has 6 atom stereocenters. The van der Waals surface area contributed by atoms with Crippen LogP contribution in [-0.4, -0.2) is 37.1 Å². The van der Waals surface area contributed by atoms with Crippen molar-refractivity contribution in [2.45, 2.75) is 67.2 Å². The maximum absolute atomic E-state index is 13.2. The highest BCUT2D eigenvalue weighted by Gasteiger charge is 2.57. The van der Waals surface area contributed by atoms with E-state index in [4.69, 9.17) is 88.6 Å². The van der Waals surface area contributed by atoms with Gasteiger partial charge in [-0.2, -0.15) is 0 Å². The van der Waals surface area contributed by atoms with Crippen molar-refractivity contribution in [2.24, 2.45) is 34.5 Å². The van der Waals surface area contributed by atoms with Crippen molar-refractivity contribution in [3.8, 4) is 11.5 Å². The van der Waals surface area contributed by atoms with Crippen molar-refractivity contribution in [3.05, 3.63) is 53.4 Å². The number of benzene rings is 2. The number of ether oxygens (including phenoxy) is 4. The van der Waals surface area contributed by atoms with Crippen molar-refractivity contribution in [1.82, 2.24) is 0 Å². The normalized spacial score (nSPS) is 25.7. The predicted octanol–water partition coefficient (Wildman–Crippen LogP) is 10.6. The first-order valence-corrected chi connectivity index (χ1v) is 17.8. The molecule has 0 radical (unpaired) electrons. The van der Waals surface area contributed by atoms with E-state index in [1.54, 1.807) is 0 Å². The molecule has 48 heavy (non-hydrogen) atoms. The van der Waals surface area contributed by atoms with Gasteiger partial charge in [0.25, 0.3) is 0 Å². The van der Waals surface area contributed by atoms with Crippen molar-refractivity contribution >= 4 is 93.5 Å². The molecule has 4 rings (SSSR count). The van der Waals surface area contributed by atoms with E-state index < -0.39 is 46.5 Å². The standard InChI is InChI=1S/C34H36Cl6O8/c1-7-17-15(3)33(17,5)9-11-45-29(41)23-25(39)19(35)13-21(37)27(23)47-31(43)32(44)48-28-22(38)14-20(36)26(40)24(28)30(42)46-12-10-34(6)16(4)18(34)8-2/h13-18H,7-12H2,1-6H3. The van der Waals surface area contributed by atoms with E-state index in [1.807, 2.05) is 0 Å². The Bertz CT molecular complexity index is 1530. The molecular weight excluding hydrogens is 749 g/mol. The number of hydrogen-bond donors (Lipinski definition) is 0. The number of esters is 4. The van der Waals surface area contributed by atoms with Crippen LogP contribution in [0, 0.1) is 34.5 Å². The highest BCUT2D eigenvalue weighted by atomic mass is 35.5. The van der Waals surface area contributed by atoms with E-state index >= 15 is 0 Å². The minimum absolute atomic E-state index is 0.0209. The van der Waals surface area contributed by atoms with Gasteiger partial charge in [0.2, 0.25) is 0 Å². The predicted molar refractivity (Wildman–Crippen MR) is 186 cm³/mol. The van der Waals surface area contributed by atoms with Crippen molar-refractivity contribution in [2.75, 3.05) is 13.2 Å². The lowest BCUT2D eigenvalue weighted by molar-refractivity contribution is -0.156. The third kappa shape index (κ3) is 7.54. The smallest absolute Gasteiger partial charge is 0.423 e. The number of halogens is 6. The van der Waals surface area contributed by atoms with Gasteiger partial charge in [-0.3, -0.25) is 0 Å². The van der Waals surface area contributed by atoms with Crippen LogP contribution in [0.25, 0.3) is 0 Å². The summed E-state index contributed by atoms with van der Waals surface area (Å²) in [4.78, 5) is 52.4. The molecule has 2 aliphatic rings. The number of carbonyl (C=O) groups is 4. The zero-order valence-corrected chi connectivity index (χ0v) is 31.8. The Labute approximate surface area is 309 Å². The Hall–Kier alpha value is -1.94. The maximum atomic E-state index is 13.2. The summed E-state index contributed by atoms with van der Waals surface area (Å²) in [6.45, 7) is 12.9. The first-order chi connectivity index (χ1) is 22.4. The third-order valence-corrected chi connectivity index (χ3v) is 12.7. The maximum Gasteiger partial charge on any atom is 0.423 e. The fourth-order valence-corrected chi connectivity index (χ4v) is 8.59. The number of carbonyl (C=O) groups excluding carboxylic acids is 4.